The van der Waals surface area contributed by atoms with E-state index in [1.54, 1.807) is 24.3 Å². The monoisotopic (exact) mass is 270 g/mol. The fourth-order valence-electron chi connectivity index (χ4n) is 2.17. The van der Waals surface area contributed by atoms with Crippen molar-refractivity contribution in [2.45, 2.75) is 37.8 Å². The molecule has 0 bridgehead atoms. The molecule has 1 aromatic carbocycles. The lowest BCUT2D eigenvalue weighted by atomic mass is 9.92. The molecular formula is C13H19ClN2O2. The number of hydrogen-bond donors (Lipinski definition) is 3. The molecule has 1 fully saturated rings. The molecule has 4 nitrogen and oxygen atoms in total. The van der Waals surface area contributed by atoms with Gasteiger partial charge in [0.25, 0.3) is 5.91 Å². The van der Waals surface area contributed by atoms with Crippen molar-refractivity contribution < 1.29 is 9.90 Å². The summed E-state index contributed by atoms with van der Waals surface area (Å²) < 4.78 is 0. The van der Waals surface area contributed by atoms with E-state index in [0.717, 1.165) is 25.7 Å². The number of amides is 1. The average molecular weight is 271 g/mol. The van der Waals surface area contributed by atoms with E-state index in [9.17, 15) is 9.90 Å². The van der Waals surface area contributed by atoms with Gasteiger partial charge in [0.2, 0.25) is 0 Å². The summed E-state index contributed by atoms with van der Waals surface area (Å²) in [5.41, 5.74) is 6.78. The predicted octanol–water partition coefficient (Wildman–Crippen LogP) is 1.72. The zero-order valence-electron chi connectivity index (χ0n) is 10.1. The minimum absolute atomic E-state index is 0. The molecule has 1 saturated carbocycles. The van der Waals surface area contributed by atoms with Gasteiger partial charge >= 0.3 is 0 Å². The largest absolute Gasteiger partial charge is 0.399 e. The lowest BCUT2D eigenvalue weighted by Gasteiger charge is -2.28. The van der Waals surface area contributed by atoms with Crippen LogP contribution < -0.4 is 11.1 Å². The van der Waals surface area contributed by atoms with Gasteiger partial charge in [-0.15, -0.1) is 12.4 Å². The number of anilines is 1. The van der Waals surface area contributed by atoms with E-state index < -0.39 is 6.10 Å². The number of halogens is 1. The zero-order chi connectivity index (χ0) is 12.3. The van der Waals surface area contributed by atoms with E-state index in [-0.39, 0.29) is 24.4 Å². The van der Waals surface area contributed by atoms with Gasteiger partial charge in [-0.25, -0.2) is 0 Å². The van der Waals surface area contributed by atoms with Crippen molar-refractivity contribution in [3.05, 3.63) is 29.8 Å². The van der Waals surface area contributed by atoms with Crippen LogP contribution in [0.15, 0.2) is 24.3 Å². The molecule has 1 aromatic rings. The molecule has 2 unspecified atom stereocenters. The topological polar surface area (TPSA) is 75.4 Å². The van der Waals surface area contributed by atoms with E-state index in [0.29, 0.717) is 11.3 Å². The number of aliphatic hydroxyl groups is 1. The van der Waals surface area contributed by atoms with Crippen molar-refractivity contribution in [1.82, 2.24) is 5.32 Å². The van der Waals surface area contributed by atoms with Gasteiger partial charge in [-0.1, -0.05) is 12.8 Å². The van der Waals surface area contributed by atoms with E-state index >= 15 is 0 Å². The molecule has 4 N–H and O–H groups in total. The lowest BCUT2D eigenvalue weighted by Crippen LogP contribution is -2.45. The summed E-state index contributed by atoms with van der Waals surface area (Å²) in [6.45, 7) is 0. The number of aliphatic hydroxyl groups excluding tert-OH is 1. The van der Waals surface area contributed by atoms with Crippen molar-refractivity contribution in [2.24, 2.45) is 0 Å². The van der Waals surface area contributed by atoms with Crippen molar-refractivity contribution in [1.29, 1.82) is 0 Å². The average Bonchev–Trinajstić information content (AvgIpc) is 2.33. The minimum atomic E-state index is -0.415. The molecular weight excluding hydrogens is 252 g/mol. The molecule has 0 aromatic heterocycles. The van der Waals surface area contributed by atoms with E-state index in [2.05, 4.69) is 5.32 Å². The Morgan fingerprint density at radius 3 is 2.44 bits per heavy atom. The molecule has 0 aliphatic heterocycles. The van der Waals surface area contributed by atoms with Crippen molar-refractivity contribution in [3.8, 4) is 0 Å². The first kappa shape index (κ1) is 14.8. The fourth-order valence-corrected chi connectivity index (χ4v) is 2.17. The minimum Gasteiger partial charge on any atom is -0.399 e. The second-order valence-corrected chi connectivity index (χ2v) is 4.55. The highest BCUT2D eigenvalue weighted by atomic mass is 35.5. The summed E-state index contributed by atoms with van der Waals surface area (Å²) in [5, 5.41) is 12.6. The third-order valence-electron chi connectivity index (χ3n) is 3.22. The van der Waals surface area contributed by atoms with E-state index in [4.69, 9.17) is 5.73 Å². The van der Waals surface area contributed by atoms with Crippen LogP contribution in [-0.2, 0) is 0 Å². The Balaban J connectivity index is 0.00000162. The number of nitrogen functional groups attached to an aromatic ring is 1. The van der Waals surface area contributed by atoms with Crippen LogP contribution in [0.1, 0.15) is 36.0 Å². The van der Waals surface area contributed by atoms with Crippen LogP contribution in [0.2, 0.25) is 0 Å². The lowest BCUT2D eigenvalue weighted by molar-refractivity contribution is 0.0717. The Bertz CT molecular complexity index is 394. The number of nitrogens with one attached hydrogen (secondary N) is 1. The molecule has 5 heteroatoms. The van der Waals surface area contributed by atoms with Crippen LogP contribution in [0.5, 0.6) is 0 Å². The van der Waals surface area contributed by atoms with E-state index in [1.807, 2.05) is 0 Å². The van der Waals surface area contributed by atoms with Gasteiger partial charge in [-0.2, -0.15) is 0 Å². The maximum atomic E-state index is 11.9. The molecule has 18 heavy (non-hydrogen) atoms. The number of carbonyl (C=O) groups is 1. The van der Waals surface area contributed by atoms with Gasteiger partial charge in [0.05, 0.1) is 12.1 Å². The summed E-state index contributed by atoms with van der Waals surface area (Å²) in [7, 11) is 0. The first-order valence-electron chi connectivity index (χ1n) is 6.01. The maximum Gasteiger partial charge on any atom is 0.251 e. The highest BCUT2D eigenvalue weighted by Gasteiger charge is 2.24. The van der Waals surface area contributed by atoms with Crippen molar-refractivity contribution >= 4 is 24.0 Å². The van der Waals surface area contributed by atoms with Crippen LogP contribution in [0.3, 0.4) is 0 Å². The SMILES string of the molecule is Cl.Nc1ccc(C(=O)NC2CCCCC2O)cc1. The molecule has 0 saturated heterocycles. The highest BCUT2D eigenvalue weighted by molar-refractivity contribution is 5.94. The standard InChI is InChI=1S/C13H18N2O2.ClH/c14-10-7-5-9(6-8-10)13(17)15-11-3-1-2-4-12(11)16;/h5-8,11-12,16H,1-4,14H2,(H,15,17);1H. The van der Waals surface area contributed by atoms with Gasteiger partial charge in [0, 0.05) is 11.3 Å². The number of rotatable bonds is 2. The summed E-state index contributed by atoms with van der Waals surface area (Å²) in [4.78, 5) is 11.9. The molecule has 1 aliphatic carbocycles. The van der Waals surface area contributed by atoms with Gasteiger partial charge in [-0.05, 0) is 37.1 Å². The normalized spacial score (nSPS) is 22.9. The predicted molar refractivity (Wildman–Crippen MR) is 73.8 cm³/mol. The molecule has 0 radical (unpaired) electrons. The summed E-state index contributed by atoms with van der Waals surface area (Å²) in [5.74, 6) is -0.143. The molecule has 1 amide bonds. The first-order valence-corrected chi connectivity index (χ1v) is 6.01. The third-order valence-corrected chi connectivity index (χ3v) is 3.22. The van der Waals surface area contributed by atoms with Gasteiger partial charge in [-0.3, -0.25) is 4.79 Å². The fraction of sp³-hybridized carbons (Fsp3) is 0.462. The summed E-state index contributed by atoms with van der Waals surface area (Å²) >= 11 is 0. The first-order chi connectivity index (χ1) is 8.16. The third kappa shape index (κ3) is 3.62. The van der Waals surface area contributed by atoms with Crippen LogP contribution >= 0.6 is 12.4 Å². The van der Waals surface area contributed by atoms with Crippen LogP contribution in [0.4, 0.5) is 5.69 Å². The van der Waals surface area contributed by atoms with Crippen molar-refractivity contribution in [2.75, 3.05) is 5.73 Å². The number of carbonyl (C=O) groups excluding carboxylic acids is 1. The van der Waals surface area contributed by atoms with Gasteiger partial charge in [0.1, 0.15) is 0 Å². The molecule has 100 valence electrons. The van der Waals surface area contributed by atoms with Gasteiger partial charge in [0.15, 0.2) is 0 Å². The molecule has 2 rings (SSSR count). The Kier molecular flexibility index (Phi) is 5.44. The Labute approximate surface area is 113 Å². The van der Waals surface area contributed by atoms with Gasteiger partial charge < -0.3 is 16.2 Å². The van der Waals surface area contributed by atoms with Crippen LogP contribution in [0, 0.1) is 0 Å². The zero-order valence-corrected chi connectivity index (χ0v) is 11.0. The second-order valence-electron chi connectivity index (χ2n) is 4.55. The number of benzene rings is 1. The summed E-state index contributed by atoms with van der Waals surface area (Å²) in [6.07, 6.45) is 3.30. The summed E-state index contributed by atoms with van der Waals surface area (Å²) in [6, 6.07) is 6.67. The van der Waals surface area contributed by atoms with E-state index in [1.165, 1.54) is 0 Å². The maximum absolute atomic E-state index is 11.9. The molecule has 1 aliphatic rings. The number of hydrogen-bond acceptors (Lipinski definition) is 3. The number of nitrogens with two attached hydrogens (primary N) is 1. The molecule has 2 atom stereocenters. The Hall–Kier alpha value is -1.26. The Morgan fingerprint density at radius 1 is 1.22 bits per heavy atom. The highest BCUT2D eigenvalue weighted by Crippen LogP contribution is 2.18. The smallest absolute Gasteiger partial charge is 0.251 e. The van der Waals surface area contributed by atoms with Crippen LogP contribution in [-0.4, -0.2) is 23.2 Å². The molecule has 0 heterocycles. The van der Waals surface area contributed by atoms with Crippen LogP contribution in [0.25, 0.3) is 0 Å². The Morgan fingerprint density at radius 2 is 1.83 bits per heavy atom. The van der Waals surface area contributed by atoms with Crippen molar-refractivity contribution in [3.63, 3.8) is 0 Å². The quantitative estimate of drug-likeness (QED) is 0.717. The molecule has 0 spiro atoms. The second kappa shape index (κ2) is 6.61.